The molecule has 0 radical (unpaired) electrons. The molecule has 0 saturated carbocycles. The molecule has 0 unspecified atom stereocenters. The highest BCUT2D eigenvalue weighted by molar-refractivity contribution is 7.13. The van der Waals surface area contributed by atoms with E-state index in [-0.39, 0.29) is 35.6 Å². The minimum atomic E-state index is -0.216. The first-order chi connectivity index (χ1) is 13.1. The van der Waals surface area contributed by atoms with E-state index >= 15 is 0 Å². The van der Waals surface area contributed by atoms with E-state index in [0.717, 1.165) is 10.6 Å². The molecule has 2 aromatic heterocycles. The van der Waals surface area contributed by atoms with Gasteiger partial charge in [0.15, 0.2) is 5.69 Å². The number of aromatic amines is 1. The minimum Gasteiger partial charge on any atom is -0.333 e. The van der Waals surface area contributed by atoms with E-state index in [1.807, 2.05) is 29.7 Å². The van der Waals surface area contributed by atoms with Gasteiger partial charge in [0, 0.05) is 13.1 Å². The second-order valence-electron chi connectivity index (χ2n) is 7.21. The zero-order valence-corrected chi connectivity index (χ0v) is 15.3. The van der Waals surface area contributed by atoms with Crippen molar-refractivity contribution in [3.05, 3.63) is 41.4 Å². The number of imide groups is 1. The first-order valence-corrected chi connectivity index (χ1v) is 9.92. The third kappa shape index (κ3) is 2.55. The molecule has 0 bridgehead atoms. The van der Waals surface area contributed by atoms with Crippen LogP contribution in [0.1, 0.15) is 23.3 Å². The van der Waals surface area contributed by atoms with Crippen molar-refractivity contribution < 1.29 is 14.4 Å². The predicted octanol–water partition coefficient (Wildman–Crippen LogP) is 1.91. The third-order valence-corrected chi connectivity index (χ3v) is 6.54. The van der Waals surface area contributed by atoms with E-state index < -0.39 is 0 Å². The van der Waals surface area contributed by atoms with E-state index in [1.165, 1.54) is 4.90 Å². The molecule has 2 aliphatic heterocycles. The largest absolute Gasteiger partial charge is 0.333 e. The minimum absolute atomic E-state index is 0.0776. The Morgan fingerprint density at radius 3 is 2.48 bits per heavy atom. The number of allylic oxidation sites excluding steroid dienone is 2. The summed E-state index contributed by atoms with van der Waals surface area (Å²) in [6, 6.07) is 5.44. The van der Waals surface area contributed by atoms with E-state index in [1.54, 1.807) is 22.3 Å². The van der Waals surface area contributed by atoms with Crippen LogP contribution in [-0.2, 0) is 9.59 Å². The Hall–Kier alpha value is -2.74. The lowest BCUT2D eigenvalue weighted by Crippen LogP contribution is -2.62. The molecule has 7 nitrogen and oxygen atoms in total. The monoisotopic (exact) mass is 382 g/mol. The molecule has 5 rings (SSSR count). The number of carbonyl (C=O) groups excluding carboxylic acids is 3. The summed E-state index contributed by atoms with van der Waals surface area (Å²) in [5, 5.41) is 8.98. The molecule has 2 saturated heterocycles. The predicted molar refractivity (Wildman–Crippen MR) is 98.8 cm³/mol. The van der Waals surface area contributed by atoms with Crippen LogP contribution in [0.15, 0.2) is 35.7 Å². The van der Waals surface area contributed by atoms with Gasteiger partial charge in [-0.25, -0.2) is 0 Å². The van der Waals surface area contributed by atoms with Gasteiger partial charge < -0.3 is 4.90 Å². The van der Waals surface area contributed by atoms with Gasteiger partial charge in [-0.05, 0) is 30.4 Å². The van der Waals surface area contributed by atoms with Crippen LogP contribution >= 0.6 is 11.3 Å². The fraction of sp³-hybridized carbons (Fsp3) is 0.368. The van der Waals surface area contributed by atoms with Crippen LogP contribution in [0.25, 0.3) is 10.6 Å². The number of likely N-dealkylation sites (tertiary alicyclic amines) is 2. The first-order valence-electron chi connectivity index (χ1n) is 9.04. The molecule has 8 heteroatoms. The standard InChI is InChI=1S/C19H18N4O3S/c24-17-12-4-1-2-5-13(12)18(25)23(17)11-9-22(10-11)19(26)15-8-14(20-21-15)16-6-3-7-27-16/h1-3,6-8,11-13H,4-5,9-10H2,(H,20,21)/t12-,13+. The summed E-state index contributed by atoms with van der Waals surface area (Å²) >= 11 is 1.57. The van der Waals surface area contributed by atoms with Gasteiger partial charge in [0.1, 0.15) is 0 Å². The number of hydrogen-bond acceptors (Lipinski definition) is 5. The molecule has 3 amide bonds. The lowest BCUT2D eigenvalue weighted by Gasteiger charge is -2.42. The number of aromatic nitrogens is 2. The average Bonchev–Trinajstić information content (AvgIpc) is 3.37. The van der Waals surface area contributed by atoms with Crippen molar-refractivity contribution in [1.29, 1.82) is 0 Å². The van der Waals surface area contributed by atoms with E-state index in [2.05, 4.69) is 10.2 Å². The van der Waals surface area contributed by atoms with Gasteiger partial charge in [-0.1, -0.05) is 18.2 Å². The molecule has 2 fully saturated rings. The van der Waals surface area contributed by atoms with Crippen molar-refractivity contribution in [1.82, 2.24) is 20.0 Å². The van der Waals surface area contributed by atoms with Gasteiger partial charge in [0.2, 0.25) is 11.8 Å². The number of thiophene rings is 1. The van der Waals surface area contributed by atoms with Crippen LogP contribution in [0.2, 0.25) is 0 Å². The first kappa shape index (κ1) is 16.4. The molecule has 2 atom stereocenters. The Kier molecular flexibility index (Phi) is 3.75. The maximum atomic E-state index is 12.6. The van der Waals surface area contributed by atoms with Gasteiger partial charge in [0.25, 0.3) is 5.91 Å². The molecule has 0 aromatic carbocycles. The molecule has 138 valence electrons. The molecular weight excluding hydrogens is 364 g/mol. The lowest BCUT2D eigenvalue weighted by molar-refractivity contribution is -0.145. The second kappa shape index (κ2) is 6.16. The second-order valence-corrected chi connectivity index (χ2v) is 8.16. The fourth-order valence-electron chi connectivity index (χ4n) is 4.12. The zero-order chi connectivity index (χ0) is 18.5. The smallest absolute Gasteiger partial charge is 0.274 e. The van der Waals surface area contributed by atoms with E-state index in [9.17, 15) is 14.4 Å². The van der Waals surface area contributed by atoms with Crippen molar-refractivity contribution in [2.45, 2.75) is 18.9 Å². The van der Waals surface area contributed by atoms with Crippen LogP contribution in [0.5, 0.6) is 0 Å². The van der Waals surface area contributed by atoms with Crippen LogP contribution < -0.4 is 0 Å². The topological polar surface area (TPSA) is 86.4 Å². The SMILES string of the molecule is O=C(c1cc(-c2cccs2)[nH]n1)N1CC(N2C(=O)[C@H]3CC=CC[C@H]3C2=O)C1. The Morgan fingerprint density at radius 1 is 1.15 bits per heavy atom. The van der Waals surface area contributed by atoms with Crippen molar-refractivity contribution in [2.24, 2.45) is 11.8 Å². The average molecular weight is 382 g/mol. The Bertz CT molecular complexity index is 916. The van der Waals surface area contributed by atoms with Gasteiger partial charge in [-0.15, -0.1) is 11.3 Å². The van der Waals surface area contributed by atoms with Gasteiger partial charge in [-0.2, -0.15) is 5.10 Å². The molecule has 2 aromatic rings. The van der Waals surface area contributed by atoms with Crippen LogP contribution in [0, 0.1) is 11.8 Å². The molecule has 1 aliphatic carbocycles. The molecule has 0 spiro atoms. The van der Waals surface area contributed by atoms with Gasteiger partial charge in [0.05, 0.1) is 28.4 Å². The Balaban J connectivity index is 1.25. The number of fused-ring (bicyclic) bond motifs is 1. The van der Waals surface area contributed by atoms with Crippen LogP contribution in [0.4, 0.5) is 0 Å². The molecular formula is C19H18N4O3S. The van der Waals surface area contributed by atoms with Crippen molar-refractivity contribution in [3.63, 3.8) is 0 Å². The number of rotatable bonds is 3. The van der Waals surface area contributed by atoms with E-state index in [0.29, 0.717) is 31.6 Å². The maximum absolute atomic E-state index is 12.6. The lowest BCUT2D eigenvalue weighted by atomic mass is 9.85. The number of amides is 3. The summed E-state index contributed by atoms with van der Waals surface area (Å²) < 4.78 is 0. The Labute approximate surface area is 159 Å². The molecule has 3 aliphatic rings. The van der Waals surface area contributed by atoms with Crippen molar-refractivity contribution in [2.75, 3.05) is 13.1 Å². The van der Waals surface area contributed by atoms with Crippen LogP contribution in [0.3, 0.4) is 0 Å². The Morgan fingerprint density at radius 2 is 1.85 bits per heavy atom. The summed E-state index contributed by atoms with van der Waals surface area (Å²) in [7, 11) is 0. The number of nitrogens with zero attached hydrogens (tertiary/aromatic N) is 3. The zero-order valence-electron chi connectivity index (χ0n) is 14.5. The summed E-state index contributed by atoms with van der Waals surface area (Å²) in [4.78, 5) is 41.9. The third-order valence-electron chi connectivity index (χ3n) is 5.64. The van der Waals surface area contributed by atoms with Crippen molar-refractivity contribution in [3.8, 4) is 10.6 Å². The number of H-pyrrole nitrogens is 1. The van der Waals surface area contributed by atoms with Crippen LogP contribution in [-0.4, -0.2) is 56.9 Å². The van der Waals surface area contributed by atoms with Gasteiger partial charge >= 0.3 is 0 Å². The molecule has 1 N–H and O–H groups in total. The number of hydrogen-bond donors (Lipinski definition) is 1. The summed E-state index contributed by atoms with van der Waals surface area (Å²) in [6.45, 7) is 0.759. The van der Waals surface area contributed by atoms with E-state index in [4.69, 9.17) is 0 Å². The quantitative estimate of drug-likeness (QED) is 0.649. The highest BCUT2D eigenvalue weighted by atomic mass is 32.1. The fourth-order valence-corrected chi connectivity index (χ4v) is 4.81. The highest BCUT2D eigenvalue weighted by Crippen LogP contribution is 2.37. The van der Waals surface area contributed by atoms with Gasteiger partial charge in [-0.3, -0.25) is 24.4 Å². The summed E-state index contributed by atoms with van der Waals surface area (Å²) in [5.41, 5.74) is 1.17. The number of carbonyl (C=O) groups is 3. The normalized spacial score (nSPS) is 25.0. The van der Waals surface area contributed by atoms with Crippen molar-refractivity contribution >= 4 is 29.1 Å². The highest BCUT2D eigenvalue weighted by Gasteiger charge is 2.52. The molecule has 4 heterocycles. The molecule has 27 heavy (non-hydrogen) atoms. The maximum Gasteiger partial charge on any atom is 0.274 e. The summed E-state index contributed by atoms with van der Waals surface area (Å²) in [5.74, 6) is -0.764. The number of nitrogens with one attached hydrogen (secondary N) is 1. The summed E-state index contributed by atoms with van der Waals surface area (Å²) in [6.07, 6.45) is 5.24.